The first-order valence-corrected chi connectivity index (χ1v) is 6.92. The molecule has 1 rings (SSSR count). The zero-order valence-electron chi connectivity index (χ0n) is 11.5. The van der Waals surface area contributed by atoms with Crippen molar-refractivity contribution >= 4 is 34.5 Å². The molecule has 0 saturated carbocycles. The standard InChI is InChI=1S/C14H17IO4/c1-9(16)18-8-10-5-6-12(15)11(7-10)13(17)19-14(2,3)4/h5-7H,8H2,1-4H3. The highest BCUT2D eigenvalue weighted by Gasteiger charge is 2.20. The first kappa shape index (κ1) is 15.9. The average Bonchev–Trinajstić information content (AvgIpc) is 2.25. The molecular weight excluding hydrogens is 359 g/mol. The Kier molecular flexibility index (Phi) is 5.34. The van der Waals surface area contributed by atoms with Gasteiger partial charge in [-0.1, -0.05) is 6.07 Å². The van der Waals surface area contributed by atoms with Crippen LogP contribution in [0.4, 0.5) is 0 Å². The predicted molar refractivity (Wildman–Crippen MR) is 79.8 cm³/mol. The number of carbonyl (C=O) groups is 2. The summed E-state index contributed by atoms with van der Waals surface area (Å²) in [7, 11) is 0. The number of halogens is 1. The second kappa shape index (κ2) is 6.36. The zero-order chi connectivity index (χ0) is 14.6. The zero-order valence-corrected chi connectivity index (χ0v) is 13.6. The number of hydrogen-bond acceptors (Lipinski definition) is 4. The maximum absolute atomic E-state index is 12.0. The molecule has 0 heterocycles. The van der Waals surface area contributed by atoms with Gasteiger partial charge in [0.1, 0.15) is 12.2 Å². The predicted octanol–water partition coefficient (Wildman–Crippen LogP) is 3.31. The Morgan fingerprint density at radius 2 is 1.89 bits per heavy atom. The van der Waals surface area contributed by atoms with Crippen molar-refractivity contribution < 1.29 is 19.1 Å². The van der Waals surface area contributed by atoms with E-state index in [4.69, 9.17) is 9.47 Å². The molecule has 0 radical (unpaired) electrons. The van der Waals surface area contributed by atoms with E-state index in [9.17, 15) is 9.59 Å². The summed E-state index contributed by atoms with van der Waals surface area (Å²) in [5.74, 6) is -0.723. The first-order chi connectivity index (χ1) is 8.69. The van der Waals surface area contributed by atoms with Gasteiger partial charge in [-0.25, -0.2) is 4.79 Å². The second-order valence-electron chi connectivity index (χ2n) is 5.10. The fourth-order valence-corrected chi connectivity index (χ4v) is 1.89. The van der Waals surface area contributed by atoms with E-state index in [1.807, 2.05) is 26.8 Å². The van der Waals surface area contributed by atoms with E-state index in [1.165, 1.54) is 6.92 Å². The minimum absolute atomic E-state index is 0.155. The van der Waals surface area contributed by atoms with E-state index < -0.39 is 5.60 Å². The Hall–Kier alpha value is -1.11. The molecule has 1 aromatic carbocycles. The number of benzene rings is 1. The van der Waals surface area contributed by atoms with Gasteiger partial charge >= 0.3 is 11.9 Å². The van der Waals surface area contributed by atoms with Gasteiger partial charge in [0.15, 0.2) is 0 Å². The molecule has 0 aliphatic heterocycles. The molecule has 0 spiro atoms. The van der Waals surface area contributed by atoms with E-state index in [0.717, 1.165) is 9.13 Å². The molecule has 5 heteroatoms. The summed E-state index contributed by atoms with van der Waals surface area (Å²) in [6, 6.07) is 5.32. The number of ether oxygens (including phenoxy) is 2. The number of rotatable bonds is 3. The van der Waals surface area contributed by atoms with Crippen LogP contribution in [-0.4, -0.2) is 17.5 Å². The largest absolute Gasteiger partial charge is 0.461 e. The fourth-order valence-electron chi connectivity index (χ4n) is 1.34. The third-order valence-electron chi connectivity index (χ3n) is 2.09. The van der Waals surface area contributed by atoms with Crippen LogP contribution in [0.15, 0.2) is 18.2 Å². The van der Waals surface area contributed by atoms with Crippen LogP contribution in [0, 0.1) is 3.57 Å². The van der Waals surface area contributed by atoms with Gasteiger partial charge in [0, 0.05) is 10.5 Å². The highest BCUT2D eigenvalue weighted by Crippen LogP contribution is 2.19. The summed E-state index contributed by atoms with van der Waals surface area (Å²) in [6.07, 6.45) is 0. The van der Waals surface area contributed by atoms with Crippen LogP contribution < -0.4 is 0 Å². The normalized spacial score (nSPS) is 11.0. The van der Waals surface area contributed by atoms with Crippen molar-refractivity contribution in [2.45, 2.75) is 39.9 Å². The molecule has 0 fully saturated rings. The molecule has 104 valence electrons. The summed E-state index contributed by atoms with van der Waals surface area (Å²) in [4.78, 5) is 22.8. The monoisotopic (exact) mass is 376 g/mol. The molecule has 0 amide bonds. The van der Waals surface area contributed by atoms with Crippen molar-refractivity contribution in [1.82, 2.24) is 0 Å². The van der Waals surface area contributed by atoms with Crippen LogP contribution in [0.1, 0.15) is 43.6 Å². The summed E-state index contributed by atoms with van der Waals surface area (Å²) in [5.41, 5.74) is 0.711. The smallest absolute Gasteiger partial charge is 0.339 e. The van der Waals surface area contributed by atoms with Gasteiger partial charge in [0.05, 0.1) is 5.56 Å². The molecule has 0 unspecified atom stereocenters. The Labute approximate surface area is 126 Å². The first-order valence-electron chi connectivity index (χ1n) is 5.84. The molecule has 1 aromatic rings. The van der Waals surface area contributed by atoms with E-state index in [0.29, 0.717) is 5.56 Å². The lowest BCUT2D eigenvalue weighted by Gasteiger charge is -2.20. The van der Waals surface area contributed by atoms with E-state index >= 15 is 0 Å². The molecule has 0 saturated heterocycles. The third-order valence-corrected chi connectivity index (χ3v) is 3.03. The summed E-state index contributed by atoms with van der Waals surface area (Å²) in [6.45, 7) is 6.96. The Balaban J connectivity index is 2.90. The van der Waals surface area contributed by atoms with Crippen molar-refractivity contribution in [3.8, 4) is 0 Å². The van der Waals surface area contributed by atoms with E-state index in [1.54, 1.807) is 12.1 Å². The number of hydrogen-bond donors (Lipinski definition) is 0. The van der Waals surface area contributed by atoms with E-state index in [-0.39, 0.29) is 18.5 Å². The van der Waals surface area contributed by atoms with Gasteiger partial charge < -0.3 is 9.47 Å². The maximum Gasteiger partial charge on any atom is 0.339 e. The molecule has 0 atom stereocenters. The van der Waals surface area contributed by atoms with Crippen molar-refractivity contribution in [2.75, 3.05) is 0 Å². The Morgan fingerprint density at radius 1 is 1.26 bits per heavy atom. The Morgan fingerprint density at radius 3 is 2.42 bits per heavy atom. The maximum atomic E-state index is 12.0. The lowest BCUT2D eigenvalue weighted by atomic mass is 10.1. The van der Waals surface area contributed by atoms with Gasteiger partial charge in [-0.2, -0.15) is 0 Å². The molecular formula is C14H17IO4. The van der Waals surface area contributed by atoms with Gasteiger partial charge in [-0.05, 0) is 61.1 Å². The SMILES string of the molecule is CC(=O)OCc1ccc(I)c(C(=O)OC(C)(C)C)c1. The Bertz CT molecular complexity index is 489. The molecule has 4 nitrogen and oxygen atoms in total. The van der Waals surface area contributed by atoms with Gasteiger partial charge in [-0.15, -0.1) is 0 Å². The van der Waals surface area contributed by atoms with E-state index in [2.05, 4.69) is 22.6 Å². The molecule has 0 bridgehead atoms. The van der Waals surface area contributed by atoms with Gasteiger partial charge in [0.2, 0.25) is 0 Å². The highest BCUT2D eigenvalue weighted by atomic mass is 127. The summed E-state index contributed by atoms with van der Waals surface area (Å²) >= 11 is 2.08. The molecule has 0 N–H and O–H groups in total. The third kappa shape index (κ3) is 5.59. The van der Waals surface area contributed by atoms with Crippen LogP contribution in [0.2, 0.25) is 0 Å². The van der Waals surface area contributed by atoms with Crippen molar-refractivity contribution in [1.29, 1.82) is 0 Å². The van der Waals surface area contributed by atoms with Crippen LogP contribution in [0.3, 0.4) is 0 Å². The van der Waals surface area contributed by atoms with Crippen molar-refractivity contribution in [3.63, 3.8) is 0 Å². The van der Waals surface area contributed by atoms with Crippen molar-refractivity contribution in [2.24, 2.45) is 0 Å². The summed E-state index contributed by atoms with van der Waals surface area (Å²) in [5, 5.41) is 0. The van der Waals surface area contributed by atoms with Gasteiger partial charge in [-0.3, -0.25) is 4.79 Å². The number of esters is 2. The van der Waals surface area contributed by atoms with Crippen LogP contribution in [-0.2, 0) is 20.9 Å². The highest BCUT2D eigenvalue weighted by molar-refractivity contribution is 14.1. The fraction of sp³-hybridized carbons (Fsp3) is 0.429. The van der Waals surface area contributed by atoms with Crippen LogP contribution in [0.25, 0.3) is 0 Å². The van der Waals surface area contributed by atoms with Crippen molar-refractivity contribution in [3.05, 3.63) is 32.9 Å². The second-order valence-corrected chi connectivity index (χ2v) is 6.26. The molecule has 19 heavy (non-hydrogen) atoms. The molecule has 0 aliphatic carbocycles. The average molecular weight is 376 g/mol. The molecule has 0 aromatic heterocycles. The topological polar surface area (TPSA) is 52.6 Å². The molecule has 0 aliphatic rings. The van der Waals surface area contributed by atoms with Crippen LogP contribution in [0.5, 0.6) is 0 Å². The lowest BCUT2D eigenvalue weighted by molar-refractivity contribution is -0.142. The summed E-state index contributed by atoms with van der Waals surface area (Å²) < 4.78 is 11.0. The van der Waals surface area contributed by atoms with Gasteiger partial charge in [0.25, 0.3) is 0 Å². The quantitative estimate of drug-likeness (QED) is 0.600. The van der Waals surface area contributed by atoms with Crippen LogP contribution >= 0.6 is 22.6 Å². The minimum Gasteiger partial charge on any atom is -0.461 e. The lowest BCUT2D eigenvalue weighted by Crippen LogP contribution is -2.24. The minimum atomic E-state index is -0.536. The number of carbonyl (C=O) groups excluding carboxylic acids is 2.